The lowest BCUT2D eigenvalue weighted by Gasteiger charge is -2.23. The van der Waals surface area contributed by atoms with Crippen LogP contribution < -0.4 is 9.47 Å². The van der Waals surface area contributed by atoms with Gasteiger partial charge in [-0.25, -0.2) is 0 Å². The predicted molar refractivity (Wildman–Crippen MR) is 75.6 cm³/mol. The van der Waals surface area contributed by atoms with E-state index in [4.69, 9.17) is 9.47 Å². The summed E-state index contributed by atoms with van der Waals surface area (Å²) in [6.45, 7) is 3.96. The maximum Gasteiger partial charge on any atom is 0.231 e. The lowest BCUT2D eigenvalue weighted by molar-refractivity contribution is -0.133. The van der Waals surface area contributed by atoms with Crippen LogP contribution in [-0.2, 0) is 11.3 Å². The standard InChI is InChI=1S/C16H21NO3/c1-2-3-8-17(16(18)13-5-6-13)10-12-4-7-14-15(9-12)20-11-19-14/h4,7,9,13H,2-3,5-6,8,10-11H2,1H3. The Kier molecular flexibility index (Phi) is 3.81. The summed E-state index contributed by atoms with van der Waals surface area (Å²) >= 11 is 0. The fourth-order valence-electron chi connectivity index (χ4n) is 2.46. The minimum atomic E-state index is 0.279. The van der Waals surface area contributed by atoms with Crippen LogP contribution in [0.15, 0.2) is 18.2 Å². The van der Waals surface area contributed by atoms with Gasteiger partial charge in [0.05, 0.1) is 0 Å². The van der Waals surface area contributed by atoms with Crippen LogP contribution in [0.2, 0.25) is 0 Å². The minimum Gasteiger partial charge on any atom is -0.454 e. The van der Waals surface area contributed by atoms with Gasteiger partial charge in [-0.2, -0.15) is 0 Å². The van der Waals surface area contributed by atoms with Gasteiger partial charge in [0.25, 0.3) is 0 Å². The maximum absolute atomic E-state index is 12.3. The van der Waals surface area contributed by atoms with E-state index >= 15 is 0 Å². The number of benzene rings is 1. The van der Waals surface area contributed by atoms with Crippen molar-refractivity contribution in [2.45, 2.75) is 39.2 Å². The summed E-state index contributed by atoms with van der Waals surface area (Å²) in [6, 6.07) is 5.94. The maximum atomic E-state index is 12.3. The molecule has 0 atom stereocenters. The number of amides is 1. The summed E-state index contributed by atoms with van der Waals surface area (Å²) < 4.78 is 10.7. The average molecular weight is 275 g/mol. The third kappa shape index (κ3) is 2.89. The summed E-state index contributed by atoms with van der Waals surface area (Å²) in [5.74, 6) is 2.18. The van der Waals surface area contributed by atoms with Crippen LogP contribution >= 0.6 is 0 Å². The first-order chi connectivity index (χ1) is 9.78. The van der Waals surface area contributed by atoms with Crippen LogP contribution in [0.25, 0.3) is 0 Å². The average Bonchev–Trinajstić information content (AvgIpc) is 3.21. The molecule has 0 spiro atoms. The second-order valence-electron chi connectivity index (χ2n) is 5.58. The normalized spacial score (nSPS) is 16.2. The Balaban J connectivity index is 1.69. The third-order valence-corrected chi connectivity index (χ3v) is 3.83. The first kappa shape index (κ1) is 13.3. The molecule has 0 unspecified atom stereocenters. The molecule has 1 fully saturated rings. The monoisotopic (exact) mass is 275 g/mol. The van der Waals surface area contributed by atoms with Crippen LogP contribution in [0.5, 0.6) is 11.5 Å². The van der Waals surface area contributed by atoms with Gasteiger partial charge in [-0.15, -0.1) is 0 Å². The molecule has 1 aromatic carbocycles. The number of fused-ring (bicyclic) bond motifs is 1. The number of hydrogen-bond acceptors (Lipinski definition) is 3. The quantitative estimate of drug-likeness (QED) is 0.801. The summed E-state index contributed by atoms with van der Waals surface area (Å²) in [5, 5.41) is 0. The molecule has 0 radical (unpaired) electrons. The lowest BCUT2D eigenvalue weighted by Crippen LogP contribution is -2.32. The van der Waals surface area contributed by atoms with Gasteiger partial charge in [-0.1, -0.05) is 19.4 Å². The second kappa shape index (κ2) is 5.73. The van der Waals surface area contributed by atoms with Crippen molar-refractivity contribution < 1.29 is 14.3 Å². The highest BCUT2D eigenvalue weighted by atomic mass is 16.7. The Hall–Kier alpha value is -1.71. The van der Waals surface area contributed by atoms with E-state index in [1.165, 1.54) is 0 Å². The number of carbonyl (C=O) groups excluding carboxylic acids is 1. The number of hydrogen-bond donors (Lipinski definition) is 0. The van der Waals surface area contributed by atoms with Gasteiger partial charge in [0.15, 0.2) is 11.5 Å². The summed E-state index contributed by atoms with van der Waals surface area (Å²) in [4.78, 5) is 14.3. The Morgan fingerprint density at radius 3 is 2.85 bits per heavy atom. The molecule has 0 aromatic heterocycles. The first-order valence-corrected chi connectivity index (χ1v) is 7.45. The Morgan fingerprint density at radius 2 is 2.10 bits per heavy atom. The van der Waals surface area contributed by atoms with E-state index in [-0.39, 0.29) is 5.92 Å². The predicted octanol–water partition coefficient (Wildman–Crippen LogP) is 2.95. The van der Waals surface area contributed by atoms with Crippen LogP contribution in [-0.4, -0.2) is 24.1 Å². The highest BCUT2D eigenvalue weighted by molar-refractivity contribution is 5.81. The molecule has 1 saturated carbocycles. The zero-order valence-electron chi connectivity index (χ0n) is 11.9. The second-order valence-corrected chi connectivity index (χ2v) is 5.58. The number of unbranched alkanes of at least 4 members (excludes halogenated alkanes) is 1. The molecule has 0 N–H and O–H groups in total. The van der Waals surface area contributed by atoms with Crippen LogP contribution in [0.3, 0.4) is 0 Å². The number of ether oxygens (including phenoxy) is 2. The van der Waals surface area contributed by atoms with Crippen LogP contribution in [0, 0.1) is 5.92 Å². The zero-order chi connectivity index (χ0) is 13.9. The van der Waals surface area contributed by atoms with Crippen molar-refractivity contribution in [1.82, 2.24) is 4.90 Å². The van der Waals surface area contributed by atoms with Crippen molar-refractivity contribution in [2.24, 2.45) is 5.92 Å². The van der Waals surface area contributed by atoms with E-state index in [0.29, 0.717) is 19.2 Å². The van der Waals surface area contributed by atoms with E-state index in [9.17, 15) is 4.79 Å². The van der Waals surface area contributed by atoms with Gasteiger partial charge in [0, 0.05) is 19.0 Å². The Labute approximate surface area is 119 Å². The van der Waals surface area contributed by atoms with Crippen molar-refractivity contribution in [3.63, 3.8) is 0 Å². The van der Waals surface area contributed by atoms with Gasteiger partial charge in [0.1, 0.15) is 0 Å². The molecule has 3 rings (SSSR count). The molecule has 4 nitrogen and oxygen atoms in total. The molecule has 20 heavy (non-hydrogen) atoms. The van der Waals surface area contributed by atoms with E-state index < -0.39 is 0 Å². The fraction of sp³-hybridized carbons (Fsp3) is 0.562. The highest BCUT2D eigenvalue weighted by Gasteiger charge is 2.33. The topological polar surface area (TPSA) is 38.8 Å². The molecule has 1 heterocycles. The lowest BCUT2D eigenvalue weighted by atomic mass is 10.1. The Bertz CT molecular complexity index is 496. The molecule has 108 valence electrons. The molecule has 0 bridgehead atoms. The van der Waals surface area contributed by atoms with Gasteiger partial charge < -0.3 is 14.4 Å². The molecule has 1 aliphatic heterocycles. The van der Waals surface area contributed by atoms with Crippen molar-refractivity contribution >= 4 is 5.91 Å². The molecule has 1 aliphatic carbocycles. The van der Waals surface area contributed by atoms with E-state index in [1.807, 2.05) is 23.1 Å². The smallest absolute Gasteiger partial charge is 0.231 e. The van der Waals surface area contributed by atoms with E-state index in [0.717, 1.165) is 49.3 Å². The first-order valence-electron chi connectivity index (χ1n) is 7.45. The van der Waals surface area contributed by atoms with Crippen LogP contribution in [0.1, 0.15) is 38.2 Å². The number of nitrogens with zero attached hydrogens (tertiary/aromatic N) is 1. The molecule has 0 saturated heterocycles. The van der Waals surface area contributed by atoms with Crippen molar-refractivity contribution in [1.29, 1.82) is 0 Å². The largest absolute Gasteiger partial charge is 0.454 e. The highest BCUT2D eigenvalue weighted by Crippen LogP contribution is 2.34. The molecular formula is C16H21NO3. The minimum absolute atomic E-state index is 0.279. The molecule has 2 aliphatic rings. The SMILES string of the molecule is CCCCN(Cc1ccc2c(c1)OCO2)C(=O)C1CC1. The van der Waals surface area contributed by atoms with Crippen molar-refractivity contribution in [2.75, 3.05) is 13.3 Å². The van der Waals surface area contributed by atoms with Crippen molar-refractivity contribution in [3.05, 3.63) is 23.8 Å². The van der Waals surface area contributed by atoms with Gasteiger partial charge in [-0.3, -0.25) is 4.79 Å². The third-order valence-electron chi connectivity index (χ3n) is 3.83. The summed E-state index contributed by atoms with van der Waals surface area (Å²) in [5.41, 5.74) is 1.11. The molecule has 4 heteroatoms. The van der Waals surface area contributed by atoms with Gasteiger partial charge in [-0.05, 0) is 37.0 Å². The molecular weight excluding hydrogens is 254 g/mol. The number of rotatable bonds is 6. The fourth-order valence-corrected chi connectivity index (χ4v) is 2.46. The zero-order valence-corrected chi connectivity index (χ0v) is 11.9. The van der Waals surface area contributed by atoms with Crippen LogP contribution in [0.4, 0.5) is 0 Å². The summed E-state index contributed by atoms with van der Waals surface area (Å²) in [7, 11) is 0. The molecule has 1 aromatic rings. The van der Waals surface area contributed by atoms with Gasteiger partial charge in [0.2, 0.25) is 12.7 Å². The summed E-state index contributed by atoms with van der Waals surface area (Å²) in [6.07, 6.45) is 4.28. The van der Waals surface area contributed by atoms with E-state index in [2.05, 4.69) is 6.92 Å². The van der Waals surface area contributed by atoms with Crippen molar-refractivity contribution in [3.8, 4) is 11.5 Å². The van der Waals surface area contributed by atoms with Gasteiger partial charge >= 0.3 is 0 Å². The Morgan fingerprint density at radius 1 is 1.30 bits per heavy atom. The van der Waals surface area contributed by atoms with E-state index in [1.54, 1.807) is 0 Å². The number of carbonyl (C=O) groups is 1. The molecule has 1 amide bonds.